The number of halogens is 1. The molecule has 1 amide bonds. The highest BCUT2D eigenvalue weighted by molar-refractivity contribution is 5.85. The van der Waals surface area contributed by atoms with Gasteiger partial charge in [-0.2, -0.15) is 0 Å². The van der Waals surface area contributed by atoms with E-state index >= 15 is 0 Å². The minimum absolute atomic E-state index is 0. The number of nitrogens with one attached hydrogen (secondary N) is 1. The Morgan fingerprint density at radius 1 is 1.50 bits per heavy atom. The molecule has 1 heterocycles. The second-order valence-corrected chi connectivity index (χ2v) is 5.10. The molecule has 1 aliphatic heterocycles. The molecule has 2 atom stereocenters. The summed E-state index contributed by atoms with van der Waals surface area (Å²) in [5.41, 5.74) is 0. The summed E-state index contributed by atoms with van der Waals surface area (Å²) in [6.45, 7) is 8.32. The molecule has 1 aliphatic rings. The average Bonchev–Trinajstić information content (AvgIpc) is 2.16. The average molecular weight is 249 g/mol. The highest BCUT2D eigenvalue weighted by atomic mass is 35.5. The molecular formula is C12H25ClN2O. The summed E-state index contributed by atoms with van der Waals surface area (Å²) in [5.74, 6) is 1.04. The number of nitrogens with zero attached hydrogens (tertiary/aromatic N) is 1. The largest absolute Gasteiger partial charge is 0.345 e. The van der Waals surface area contributed by atoms with E-state index < -0.39 is 0 Å². The van der Waals surface area contributed by atoms with Crippen LogP contribution in [0, 0.1) is 11.8 Å². The summed E-state index contributed by atoms with van der Waals surface area (Å²) in [6.07, 6.45) is 2.16. The molecule has 0 aliphatic carbocycles. The fourth-order valence-corrected chi connectivity index (χ4v) is 2.30. The minimum Gasteiger partial charge on any atom is -0.345 e. The second-order valence-electron chi connectivity index (χ2n) is 5.10. The topological polar surface area (TPSA) is 32.3 Å². The number of piperidine rings is 1. The molecule has 0 radical (unpaired) electrons. The van der Waals surface area contributed by atoms with Crippen LogP contribution in [0.15, 0.2) is 0 Å². The monoisotopic (exact) mass is 248 g/mol. The molecule has 3 nitrogen and oxygen atoms in total. The van der Waals surface area contributed by atoms with Crippen LogP contribution >= 0.6 is 12.4 Å². The van der Waals surface area contributed by atoms with E-state index in [1.165, 1.54) is 0 Å². The Morgan fingerprint density at radius 3 is 2.62 bits per heavy atom. The van der Waals surface area contributed by atoms with Gasteiger partial charge in [0.25, 0.3) is 0 Å². The van der Waals surface area contributed by atoms with Gasteiger partial charge in [-0.1, -0.05) is 13.8 Å². The Labute approximate surface area is 105 Å². The fourth-order valence-electron chi connectivity index (χ4n) is 2.30. The number of amides is 1. The van der Waals surface area contributed by atoms with Gasteiger partial charge in [-0.05, 0) is 32.2 Å². The Bertz CT molecular complexity index is 221. The van der Waals surface area contributed by atoms with Crippen LogP contribution in [-0.2, 0) is 4.79 Å². The smallest absolute Gasteiger partial charge is 0.226 e. The van der Waals surface area contributed by atoms with Crippen LogP contribution in [0.3, 0.4) is 0 Å². The van der Waals surface area contributed by atoms with E-state index in [1.54, 1.807) is 0 Å². The van der Waals surface area contributed by atoms with Crippen molar-refractivity contribution in [1.82, 2.24) is 10.2 Å². The first-order valence-electron chi connectivity index (χ1n) is 6.00. The summed E-state index contributed by atoms with van der Waals surface area (Å²) in [6, 6.07) is 0.334. The van der Waals surface area contributed by atoms with E-state index in [9.17, 15) is 4.79 Å². The minimum atomic E-state index is 0. The summed E-state index contributed by atoms with van der Waals surface area (Å²) in [7, 11) is 1.92. The van der Waals surface area contributed by atoms with Crippen LogP contribution in [0.5, 0.6) is 0 Å². The van der Waals surface area contributed by atoms with Crippen molar-refractivity contribution in [2.45, 2.75) is 39.7 Å². The molecule has 0 unspecified atom stereocenters. The third-order valence-corrected chi connectivity index (χ3v) is 3.09. The van der Waals surface area contributed by atoms with Gasteiger partial charge in [-0.3, -0.25) is 4.79 Å². The Balaban J connectivity index is 0.00000225. The lowest BCUT2D eigenvalue weighted by Gasteiger charge is -2.32. The molecule has 0 aromatic carbocycles. The molecule has 1 saturated heterocycles. The lowest BCUT2D eigenvalue weighted by Crippen LogP contribution is -2.47. The molecular weight excluding hydrogens is 224 g/mol. The molecule has 0 bridgehead atoms. The van der Waals surface area contributed by atoms with Gasteiger partial charge in [-0.15, -0.1) is 12.4 Å². The first-order chi connectivity index (χ1) is 7.02. The zero-order valence-corrected chi connectivity index (χ0v) is 11.6. The zero-order valence-electron chi connectivity index (χ0n) is 10.8. The zero-order chi connectivity index (χ0) is 11.4. The van der Waals surface area contributed by atoms with Crippen molar-refractivity contribution < 1.29 is 4.79 Å². The Kier molecular flexibility index (Phi) is 7.00. The van der Waals surface area contributed by atoms with Gasteiger partial charge in [0.2, 0.25) is 5.91 Å². The molecule has 4 heteroatoms. The standard InChI is InChI=1S/C12H24N2O.ClH/c1-9(2)8-14(4)12(15)11-6-5-7-13-10(11)3;/h9-11,13H,5-8H2,1-4H3;1H/t10-,11-;/m1./s1. The molecule has 96 valence electrons. The van der Waals surface area contributed by atoms with E-state index in [0.29, 0.717) is 17.9 Å². The maximum atomic E-state index is 12.1. The SMILES string of the molecule is CC(C)CN(C)C(=O)[C@@H]1CCCN[C@@H]1C.Cl. The Morgan fingerprint density at radius 2 is 2.12 bits per heavy atom. The summed E-state index contributed by atoms with van der Waals surface area (Å²) in [4.78, 5) is 14.0. The van der Waals surface area contributed by atoms with E-state index in [4.69, 9.17) is 0 Å². The molecule has 1 N–H and O–H groups in total. The molecule has 0 saturated carbocycles. The van der Waals surface area contributed by atoms with Gasteiger partial charge in [-0.25, -0.2) is 0 Å². The molecule has 0 spiro atoms. The van der Waals surface area contributed by atoms with Gasteiger partial charge >= 0.3 is 0 Å². The maximum absolute atomic E-state index is 12.1. The van der Waals surface area contributed by atoms with Gasteiger partial charge in [0, 0.05) is 19.6 Å². The fraction of sp³-hybridized carbons (Fsp3) is 0.917. The van der Waals surface area contributed by atoms with Crippen LogP contribution in [0.25, 0.3) is 0 Å². The Hall–Kier alpha value is -0.280. The van der Waals surface area contributed by atoms with Crippen LogP contribution < -0.4 is 5.32 Å². The molecule has 0 aromatic rings. The lowest BCUT2D eigenvalue weighted by atomic mass is 9.90. The van der Waals surface area contributed by atoms with E-state index in [2.05, 4.69) is 26.1 Å². The number of hydrogen-bond donors (Lipinski definition) is 1. The quantitative estimate of drug-likeness (QED) is 0.828. The predicted octanol–water partition coefficient (Wildman–Crippen LogP) is 1.91. The van der Waals surface area contributed by atoms with Gasteiger partial charge in [0.1, 0.15) is 0 Å². The maximum Gasteiger partial charge on any atom is 0.226 e. The highest BCUT2D eigenvalue weighted by Gasteiger charge is 2.29. The third-order valence-electron chi connectivity index (χ3n) is 3.09. The molecule has 1 fully saturated rings. The summed E-state index contributed by atoms with van der Waals surface area (Å²) < 4.78 is 0. The van der Waals surface area contributed by atoms with Crippen molar-refractivity contribution in [3.8, 4) is 0 Å². The van der Waals surface area contributed by atoms with Crippen molar-refractivity contribution in [3.05, 3.63) is 0 Å². The van der Waals surface area contributed by atoms with E-state index in [-0.39, 0.29) is 18.3 Å². The van der Waals surface area contributed by atoms with Crippen molar-refractivity contribution in [1.29, 1.82) is 0 Å². The second kappa shape index (κ2) is 7.13. The number of rotatable bonds is 3. The van der Waals surface area contributed by atoms with Crippen LogP contribution in [0.2, 0.25) is 0 Å². The van der Waals surface area contributed by atoms with Gasteiger partial charge in [0.05, 0.1) is 5.92 Å². The lowest BCUT2D eigenvalue weighted by molar-refractivity contribution is -0.136. The van der Waals surface area contributed by atoms with Crippen LogP contribution in [0.4, 0.5) is 0 Å². The van der Waals surface area contributed by atoms with Crippen LogP contribution in [0.1, 0.15) is 33.6 Å². The van der Waals surface area contributed by atoms with Crippen molar-refractivity contribution in [3.63, 3.8) is 0 Å². The third kappa shape index (κ3) is 4.30. The molecule has 0 aromatic heterocycles. The van der Waals surface area contributed by atoms with Crippen LogP contribution in [-0.4, -0.2) is 37.0 Å². The summed E-state index contributed by atoms with van der Waals surface area (Å²) >= 11 is 0. The molecule has 16 heavy (non-hydrogen) atoms. The molecule has 1 rings (SSSR count). The van der Waals surface area contributed by atoms with E-state index in [1.807, 2.05) is 11.9 Å². The van der Waals surface area contributed by atoms with Gasteiger partial charge < -0.3 is 10.2 Å². The highest BCUT2D eigenvalue weighted by Crippen LogP contribution is 2.18. The first-order valence-corrected chi connectivity index (χ1v) is 6.00. The number of carbonyl (C=O) groups excluding carboxylic acids is 1. The van der Waals surface area contributed by atoms with Gasteiger partial charge in [0.15, 0.2) is 0 Å². The van der Waals surface area contributed by atoms with Crippen molar-refractivity contribution in [2.24, 2.45) is 11.8 Å². The normalized spacial score (nSPS) is 25.1. The predicted molar refractivity (Wildman–Crippen MR) is 69.9 cm³/mol. The van der Waals surface area contributed by atoms with E-state index in [0.717, 1.165) is 25.9 Å². The summed E-state index contributed by atoms with van der Waals surface area (Å²) in [5, 5.41) is 3.37. The van der Waals surface area contributed by atoms with Crippen molar-refractivity contribution >= 4 is 18.3 Å². The number of carbonyl (C=O) groups is 1. The first kappa shape index (κ1) is 15.7. The number of hydrogen-bond acceptors (Lipinski definition) is 2. The van der Waals surface area contributed by atoms with Crippen molar-refractivity contribution in [2.75, 3.05) is 20.1 Å².